The minimum Gasteiger partial charge on any atom is -0.490 e. The lowest BCUT2D eigenvalue weighted by atomic mass is 9.90. The Morgan fingerprint density at radius 2 is 1.84 bits per heavy atom. The van der Waals surface area contributed by atoms with Crippen LogP contribution in [0.1, 0.15) is 37.2 Å². The maximum atomic E-state index is 6.09. The van der Waals surface area contributed by atoms with Gasteiger partial charge in [0.1, 0.15) is 11.9 Å². The van der Waals surface area contributed by atoms with Crippen LogP contribution in [0, 0.1) is 0 Å². The predicted octanol–water partition coefficient (Wildman–Crippen LogP) is 2.71. The highest BCUT2D eigenvalue weighted by molar-refractivity contribution is 5.31. The molecule has 0 bridgehead atoms. The van der Waals surface area contributed by atoms with Crippen LogP contribution in [0.4, 0.5) is 0 Å². The van der Waals surface area contributed by atoms with Crippen molar-refractivity contribution in [3.63, 3.8) is 0 Å². The van der Waals surface area contributed by atoms with Gasteiger partial charge in [-0.1, -0.05) is 12.1 Å². The second kappa shape index (κ2) is 6.40. The molecule has 0 spiro atoms. The van der Waals surface area contributed by atoms with Gasteiger partial charge in [0, 0.05) is 12.8 Å². The molecule has 2 saturated heterocycles. The maximum Gasteiger partial charge on any atom is 0.120 e. The minimum absolute atomic E-state index is 0.331. The molecule has 1 aromatic carbocycles. The second-order valence-electron chi connectivity index (χ2n) is 5.53. The van der Waals surface area contributed by atoms with Gasteiger partial charge in [-0.15, -0.1) is 0 Å². The van der Waals surface area contributed by atoms with Crippen LogP contribution in [0.5, 0.6) is 5.75 Å². The van der Waals surface area contributed by atoms with Gasteiger partial charge in [-0.3, -0.25) is 0 Å². The van der Waals surface area contributed by atoms with Gasteiger partial charge in [0.15, 0.2) is 0 Å². The van der Waals surface area contributed by atoms with Crippen LogP contribution in [0.2, 0.25) is 0 Å². The summed E-state index contributed by atoms with van der Waals surface area (Å²) in [5.74, 6) is 1.72. The van der Waals surface area contributed by atoms with Crippen molar-refractivity contribution in [2.75, 3.05) is 26.3 Å². The second-order valence-corrected chi connectivity index (χ2v) is 5.53. The third kappa shape index (κ3) is 3.48. The third-order valence-electron chi connectivity index (χ3n) is 4.14. The lowest BCUT2D eigenvalue weighted by Gasteiger charge is -2.25. The lowest BCUT2D eigenvalue weighted by molar-refractivity contribution is 0.0255. The van der Waals surface area contributed by atoms with Crippen molar-refractivity contribution in [1.29, 1.82) is 0 Å². The monoisotopic (exact) mass is 261 g/mol. The average Bonchev–Trinajstić information content (AvgIpc) is 2.49. The molecule has 3 nitrogen and oxygen atoms in total. The van der Waals surface area contributed by atoms with E-state index >= 15 is 0 Å². The van der Waals surface area contributed by atoms with E-state index in [2.05, 4.69) is 29.6 Å². The van der Waals surface area contributed by atoms with E-state index in [1.807, 2.05) is 0 Å². The molecule has 0 amide bonds. The average molecular weight is 261 g/mol. The summed E-state index contributed by atoms with van der Waals surface area (Å²) in [6.07, 6.45) is 4.83. The molecular weight excluding hydrogens is 238 g/mol. The van der Waals surface area contributed by atoms with Crippen LogP contribution in [0.3, 0.4) is 0 Å². The Hall–Kier alpha value is -1.06. The van der Waals surface area contributed by atoms with Gasteiger partial charge in [-0.05, 0) is 49.5 Å². The SMILES string of the molecule is c1cc(OC2CCOCC2)cc(C2CCNCC2)c1. The molecule has 0 unspecified atom stereocenters. The first-order valence-corrected chi connectivity index (χ1v) is 7.47. The Balaban J connectivity index is 1.64. The molecule has 2 fully saturated rings. The van der Waals surface area contributed by atoms with E-state index < -0.39 is 0 Å². The van der Waals surface area contributed by atoms with E-state index in [0.717, 1.165) is 44.9 Å². The van der Waals surface area contributed by atoms with Crippen molar-refractivity contribution >= 4 is 0 Å². The third-order valence-corrected chi connectivity index (χ3v) is 4.14. The predicted molar refractivity (Wildman–Crippen MR) is 75.8 cm³/mol. The number of nitrogens with one attached hydrogen (secondary N) is 1. The van der Waals surface area contributed by atoms with Gasteiger partial charge in [-0.25, -0.2) is 0 Å². The number of hydrogen-bond acceptors (Lipinski definition) is 3. The maximum absolute atomic E-state index is 6.09. The Kier molecular flexibility index (Phi) is 4.36. The van der Waals surface area contributed by atoms with E-state index in [0.29, 0.717) is 12.0 Å². The summed E-state index contributed by atoms with van der Waals surface area (Å²) in [4.78, 5) is 0. The highest BCUT2D eigenvalue weighted by Crippen LogP contribution is 2.28. The zero-order chi connectivity index (χ0) is 12.9. The molecule has 0 saturated carbocycles. The number of benzene rings is 1. The highest BCUT2D eigenvalue weighted by atomic mass is 16.5. The van der Waals surface area contributed by atoms with Crippen LogP contribution >= 0.6 is 0 Å². The molecule has 0 aliphatic carbocycles. The summed E-state index contributed by atoms with van der Waals surface area (Å²) in [6, 6.07) is 8.70. The number of ether oxygens (including phenoxy) is 2. The fourth-order valence-corrected chi connectivity index (χ4v) is 2.98. The van der Waals surface area contributed by atoms with Crippen LogP contribution in [0.15, 0.2) is 24.3 Å². The van der Waals surface area contributed by atoms with Crippen LogP contribution in [-0.2, 0) is 4.74 Å². The summed E-state index contributed by atoms with van der Waals surface area (Å²) < 4.78 is 11.5. The molecule has 0 aromatic heterocycles. The van der Waals surface area contributed by atoms with Crippen LogP contribution in [-0.4, -0.2) is 32.4 Å². The Bertz CT molecular complexity index is 395. The first-order valence-electron chi connectivity index (χ1n) is 7.47. The summed E-state index contributed by atoms with van der Waals surface area (Å²) in [7, 11) is 0. The van der Waals surface area contributed by atoms with Gasteiger partial charge < -0.3 is 14.8 Å². The number of piperidine rings is 1. The normalized spacial score (nSPS) is 22.3. The molecule has 3 rings (SSSR count). The van der Waals surface area contributed by atoms with Crippen molar-refractivity contribution in [1.82, 2.24) is 5.32 Å². The Morgan fingerprint density at radius 1 is 1.05 bits per heavy atom. The molecule has 1 aromatic rings. The highest BCUT2D eigenvalue weighted by Gasteiger charge is 2.18. The number of rotatable bonds is 3. The molecule has 104 valence electrons. The van der Waals surface area contributed by atoms with Gasteiger partial charge in [0.05, 0.1) is 13.2 Å². The van der Waals surface area contributed by atoms with E-state index in [1.165, 1.54) is 18.4 Å². The van der Waals surface area contributed by atoms with Crippen molar-refractivity contribution in [2.45, 2.75) is 37.7 Å². The zero-order valence-electron chi connectivity index (χ0n) is 11.4. The molecule has 0 radical (unpaired) electrons. The Morgan fingerprint density at radius 3 is 2.63 bits per heavy atom. The van der Waals surface area contributed by atoms with Crippen molar-refractivity contribution in [3.8, 4) is 5.75 Å². The summed E-state index contributed by atoms with van der Waals surface area (Å²) in [5.41, 5.74) is 1.44. The molecule has 2 aliphatic heterocycles. The topological polar surface area (TPSA) is 30.5 Å². The van der Waals surface area contributed by atoms with Gasteiger partial charge >= 0.3 is 0 Å². The standard InChI is InChI=1S/C16H23NO2/c1-2-14(13-4-8-17-9-5-13)12-16(3-1)19-15-6-10-18-11-7-15/h1-3,12-13,15,17H,4-11H2. The number of hydrogen-bond donors (Lipinski definition) is 1. The largest absolute Gasteiger partial charge is 0.490 e. The summed E-state index contributed by atoms with van der Waals surface area (Å²) >= 11 is 0. The van der Waals surface area contributed by atoms with Crippen molar-refractivity contribution < 1.29 is 9.47 Å². The zero-order valence-corrected chi connectivity index (χ0v) is 11.4. The van der Waals surface area contributed by atoms with Gasteiger partial charge in [-0.2, -0.15) is 0 Å². The summed E-state index contributed by atoms with van der Waals surface area (Å²) in [5, 5.41) is 3.42. The Labute approximate surface area is 115 Å². The minimum atomic E-state index is 0.331. The quantitative estimate of drug-likeness (QED) is 0.907. The van der Waals surface area contributed by atoms with E-state index in [9.17, 15) is 0 Å². The fourth-order valence-electron chi connectivity index (χ4n) is 2.98. The van der Waals surface area contributed by atoms with Crippen molar-refractivity contribution in [3.05, 3.63) is 29.8 Å². The summed E-state index contributed by atoms with van der Waals surface area (Å²) in [6.45, 7) is 3.93. The van der Waals surface area contributed by atoms with Gasteiger partial charge in [0.2, 0.25) is 0 Å². The first-order chi connectivity index (χ1) is 9.42. The van der Waals surface area contributed by atoms with Gasteiger partial charge in [0.25, 0.3) is 0 Å². The fraction of sp³-hybridized carbons (Fsp3) is 0.625. The van der Waals surface area contributed by atoms with Crippen LogP contribution in [0.25, 0.3) is 0 Å². The molecule has 2 aliphatic rings. The molecule has 3 heteroatoms. The van der Waals surface area contributed by atoms with Crippen LogP contribution < -0.4 is 10.1 Å². The smallest absolute Gasteiger partial charge is 0.120 e. The first kappa shape index (κ1) is 12.9. The molecule has 2 heterocycles. The molecule has 1 N–H and O–H groups in total. The molecule has 0 atom stereocenters. The van der Waals surface area contributed by atoms with E-state index in [-0.39, 0.29) is 0 Å². The molecular formula is C16H23NO2. The van der Waals surface area contributed by atoms with Crippen molar-refractivity contribution in [2.24, 2.45) is 0 Å². The lowest BCUT2D eigenvalue weighted by Crippen LogP contribution is -2.27. The molecule has 19 heavy (non-hydrogen) atoms. The van der Waals surface area contributed by atoms with E-state index in [1.54, 1.807) is 0 Å². The van der Waals surface area contributed by atoms with E-state index in [4.69, 9.17) is 9.47 Å².